The van der Waals surface area contributed by atoms with Gasteiger partial charge in [0.1, 0.15) is 0 Å². The predicted molar refractivity (Wildman–Crippen MR) is 78.2 cm³/mol. The van der Waals surface area contributed by atoms with E-state index in [0.717, 1.165) is 44.6 Å². The number of para-hydroxylation sites is 1. The van der Waals surface area contributed by atoms with Gasteiger partial charge in [0.2, 0.25) is 5.91 Å². The zero-order chi connectivity index (χ0) is 13.3. The van der Waals surface area contributed by atoms with E-state index < -0.39 is 0 Å². The Labute approximate surface area is 115 Å². The number of hydrogen-bond acceptors (Lipinski definition) is 3. The van der Waals surface area contributed by atoms with Gasteiger partial charge < -0.3 is 16.0 Å². The quantitative estimate of drug-likeness (QED) is 0.684. The first-order valence-corrected chi connectivity index (χ1v) is 7.16. The number of benzene rings is 1. The highest BCUT2D eigenvalue weighted by Gasteiger charge is 2.19. The highest BCUT2D eigenvalue weighted by Crippen LogP contribution is 2.07. The molecule has 1 aliphatic heterocycles. The molecule has 0 aliphatic carbocycles. The fourth-order valence-electron chi connectivity index (χ4n) is 2.29. The normalized spacial score (nSPS) is 18.8. The summed E-state index contributed by atoms with van der Waals surface area (Å²) in [6.45, 7) is 2.58. The molecule has 1 atom stereocenters. The molecule has 1 aliphatic rings. The number of amides is 1. The predicted octanol–water partition coefficient (Wildman–Crippen LogP) is 1.75. The van der Waals surface area contributed by atoms with E-state index >= 15 is 0 Å². The summed E-state index contributed by atoms with van der Waals surface area (Å²) in [5, 5.41) is 9.59. The standard InChI is InChI=1S/C15H23N3O/c19-15(14-9-4-5-10-17-14)18-12-6-11-16-13-7-2-1-3-8-13/h1-3,7-8,14,16-17H,4-6,9-12H2,(H,18,19)/t14-/m1/s1. The molecule has 104 valence electrons. The Balaban J connectivity index is 1.55. The minimum Gasteiger partial charge on any atom is -0.385 e. The fraction of sp³-hybridized carbons (Fsp3) is 0.533. The summed E-state index contributed by atoms with van der Waals surface area (Å²) in [5.41, 5.74) is 1.13. The van der Waals surface area contributed by atoms with E-state index in [1.54, 1.807) is 0 Å². The Hall–Kier alpha value is -1.55. The number of nitrogens with one attached hydrogen (secondary N) is 3. The number of carbonyl (C=O) groups is 1. The lowest BCUT2D eigenvalue weighted by Crippen LogP contribution is -2.46. The minimum absolute atomic E-state index is 0.0239. The second-order valence-electron chi connectivity index (χ2n) is 4.94. The van der Waals surface area contributed by atoms with Crippen LogP contribution in [0.25, 0.3) is 0 Å². The highest BCUT2D eigenvalue weighted by molar-refractivity contribution is 5.81. The highest BCUT2D eigenvalue weighted by atomic mass is 16.2. The molecule has 3 N–H and O–H groups in total. The summed E-state index contributed by atoms with van der Waals surface area (Å²) < 4.78 is 0. The maximum absolute atomic E-state index is 11.8. The van der Waals surface area contributed by atoms with E-state index in [4.69, 9.17) is 0 Å². The molecular weight excluding hydrogens is 238 g/mol. The van der Waals surface area contributed by atoms with Gasteiger partial charge in [0.25, 0.3) is 0 Å². The van der Waals surface area contributed by atoms with Gasteiger partial charge in [-0.3, -0.25) is 4.79 Å². The van der Waals surface area contributed by atoms with Crippen LogP contribution in [0, 0.1) is 0 Å². The van der Waals surface area contributed by atoms with Crippen molar-refractivity contribution in [2.24, 2.45) is 0 Å². The summed E-state index contributed by atoms with van der Waals surface area (Å²) >= 11 is 0. The van der Waals surface area contributed by atoms with Crippen molar-refractivity contribution in [3.05, 3.63) is 30.3 Å². The summed E-state index contributed by atoms with van der Waals surface area (Å²) in [7, 11) is 0. The molecule has 0 unspecified atom stereocenters. The molecule has 1 fully saturated rings. The van der Waals surface area contributed by atoms with Crippen LogP contribution in [0.4, 0.5) is 5.69 Å². The van der Waals surface area contributed by atoms with Gasteiger partial charge in [-0.15, -0.1) is 0 Å². The van der Waals surface area contributed by atoms with Crippen LogP contribution in [0.15, 0.2) is 30.3 Å². The minimum atomic E-state index is 0.0239. The van der Waals surface area contributed by atoms with Crippen LogP contribution in [-0.2, 0) is 4.79 Å². The number of anilines is 1. The number of piperidine rings is 1. The van der Waals surface area contributed by atoms with Crippen LogP contribution in [0.2, 0.25) is 0 Å². The van der Waals surface area contributed by atoms with Crippen LogP contribution < -0.4 is 16.0 Å². The van der Waals surface area contributed by atoms with Gasteiger partial charge in [-0.25, -0.2) is 0 Å². The summed E-state index contributed by atoms with van der Waals surface area (Å²) in [6, 6.07) is 10.1. The molecule has 1 saturated heterocycles. The lowest BCUT2D eigenvalue weighted by atomic mass is 10.0. The van der Waals surface area contributed by atoms with E-state index in [2.05, 4.69) is 16.0 Å². The SMILES string of the molecule is O=C(NCCCNc1ccccc1)[C@H]1CCCCN1. The monoisotopic (exact) mass is 261 g/mol. The Kier molecular flexibility index (Phi) is 5.69. The third-order valence-corrected chi connectivity index (χ3v) is 3.38. The Morgan fingerprint density at radius 3 is 2.79 bits per heavy atom. The van der Waals surface area contributed by atoms with Gasteiger partial charge in [0.05, 0.1) is 6.04 Å². The van der Waals surface area contributed by atoms with Gasteiger partial charge in [-0.05, 0) is 37.9 Å². The second-order valence-corrected chi connectivity index (χ2v) is 4.94. The molecule has 0 saturated carbocycles. The number of hydrogen-bond donors (Lipinski definition) is 3. The van der Waals surface area contributed by atoms with Crippen molar-refractivity contribution in [2.75, 3.05) is 25.0 Å². The van der Waals surface area contributed by atoms with Crippen LogP contribution >= 0.6 is 0 Å². The molecular formula is C15H23N3O. The van der Waals surface area contributed by atoms with E-state index in [1.807, 2.05) is 30.3 Å². The van der Waals surface area contributed by atoms with E-state index in [9.17, 15) is 4.79 Å². The summed E-state index contributed by atoms with van der Waals surface area (Å²) in [5.74, 6) is 0.152. The Bertz CT molecular complexity index is 374. The van der Waals surface area contributed by atoms with Gasteiger partial charge in [0.15, 0.2) is 0 Å². The Morgan fingerprint density at radius 2 is 2.05 bits per heavy atom. The van der Waals surface area contributed by atoms with Gasteiger partial charge >= 0.3 is 0 Å². The largest absolute Gasteiger partial charge is 0.385 e. The second kappa shape index (κ2) is 7.79. The first kappa shape index (κ1) is 13.9. The van der Waals surface area contributed by atoms with Gasteiger partial charge in [-0.2, -0.15) is 0 Å². The lowest BCUT2D eigenvalue weighted by Gasteiger charge is -2.22. The van der Waals surface area contributed by atoms with Gasteiger partial charge in [-0.1, -0.05) is 24.6 Å². The molecule has 4 heteroatoms. The van der Waals surface area contributed by atoms with Crippen LogP contribution in [0.1, 0.15) is 25.7 Å². The lowest BCUT2D eigenvalue weighted by molar-refractivity contribution is -0.123. The maximum Gasteiger partial charge on any atom is 0.237 e. The molecule has 1 aromatic rings. The molecule has 1 amide bonds. The number of rotatable bonds is 6. The molecule has 0 aromatic heterocycles. The summed E-state index contributed by atoms with van der Waals surface area (Å²) in [6.07, 6.45) is 4.24. The van der Waals surface area contributed by atoms with Crippen molar-refractivity contribution < 1.29 is 4.79 Å². The zero-order valence-electron chi connectivity index (χ0n) is 11.3. The average Bonchev–Trinajstić information content (AvgIpc) is 2.49. The smallest absolute Gasteiger partial charge is 0.237 e. The fourth-order valence-corrected chi connectivity index (χ4v) is 2.29. The molecule has 19 heavy (non-hydrogen) atoms. The molecule has 4 nitrogen and oxygen atoms in total. The zero-order valence-corrected chi connectivity index (χ0v) is 11.3. The van der Waals surface area contributed by atoms with Crippen LogP contribution in [0.3, 0.4) is 0 Å². The maximum atomic E-state index is 11.8. The van der Waals surface area contributed by atoms with E-state index in [0.29, 0.717) is 0 Å². The van der Waals surface area contributed by atoms with Crippen molar-refractivity contribution in [3.63, 3.8) is 0 Å². The Morgan fingerprint density at radius 1 is 1.21 bits per heavy atom. The molecule has 0 radical (unpaired) electrons. The van der Waals surface area contributed by atoms with Crippen LogP contribution in [0.5, 0.6) is 0 Å². The van der Waals surface area contributed by atoms with E-state index in [1.165, 1.54) is 6.42 Å². The summed E-state index contributed by atoms with van der Waals surface area (Å²) in [4.78, 5) is 11.8. The topological polar surface area (TPSA) is 53.2 Å². The number of carbonyl (C=O) groups excluding carboxylic acids is 1. The molecule has 0 spiro atoms. The third-order valence-electron chi connectivity index (χ3n) is 3.38. The third kappa shape index (κ3) is 4.91. The van der Waals surface area contributed by atoms with Gasteiger partial charge in [0, 0.05) is 18.8 Å². The van der Waals surface area contributed by atoms with Crippen molar-refractivity contribution in [1.82, 2.24) is 10.6 Å². The van der Waals surface area contributed by atoms with Crippen molar-refractivity contribution in [1.29, 1.82) is 0 Å². The molecule has 1 aromatic carbocycles. The molecule has 0 bridgehead atoms. The van der Waals surface area contributed by atoms with Crippen molar-refractivity contribution in [2.45, 2.75) is 31.7 Å². The average molecular weight is 261 g/mol. The first-order valence-electron chi connectivity index (χ1n) is 7.16. The molecule has 1 heterocycles. The van der Waals surface area contributed by atoms with Crippen molar-refractivity contribution in [3.8, 4) is 0 Å². The first-order chi connectivity index (χ1) is 9.36. The van der Waals surface area contributed by atoms with Crippen LogP contribution in [-0.4, -0.2) is 31.6 Å². The van der Waals surface area contributed by atoms with E-state index in [-0.39, 0.29) is 11.9 Å². The molecule has 2 rings (SSSR count). The van der Waals surface area contributed by atoms with Crippen molar-refractivity contribution >= 4 is 11.6 Å².